The molecule has 1 fully saturated rings. The van der Waals surface area contributed by atoms with Gasteiger partial charge in [-0.25, -0.2) is 4.68 Å². The number of hydrogen-bond acceptors (Lipinski definition) is 5. The maximum absolute atomic E-state index is 12.2. The van der Waals surface area contributed by atoms with Crippen LogP contribution in [-0.2, 0) is 0 Å². The standard InChI is InChI=1S/C17H23N5OS/c1-13(24-15-5-3-2-4-6-15)11-19-17(23)16-12-22(21-20-16)14-7-9-18-10-8-14/h2-6,12-14,18H,7-11H2,1H3,(H,19,23). The summed E-state index contributed by atoms with van der Waals surface area (Å²) in [6.45, 7) is 4.67. The highest BCUT2D eigenvalue weighted by molar-refractivity contribution is 8.00. The number of carbonyl (C=O) groups is 1. The Morgan fingerprint density at radius 2 is 2.12 bits per heavy atom. The number of rotatable bonds is 6. The number of piperidine rings is 1. The van der Waals surface area contributed by atoms with Crippen molar-refractivity contribution in [3.63, 3.8) is 0 Å². The van der Waals surface area contributed by atoms with Crippen LogP contribution in [0.2, 0.25) is 0 Å². The Hall–Kier alpha value is -1.86. The number of nitrogens with zero attached hydrogens (tertiary/aromatic N) is 3. The van der Waals surface area contributed by atoms with Crippen molar-refractivity contribution in [3.05, 3.63) is 42.2 Å². The molecule has 1 aliphatic heterocycles. The molecule has 6 nitrogen and oxygen atoms in total. The van der Waals surface area contributed by atoms with Gasteiger partial charge in [0.1, 0.15) is 0 Å². The number of carbonyl (C=O) groups excluding carboxylic acids is 1. The molecule has 2 aromatic rings. The summed E-state index contributed by atoms with van der Waals surface area (Å²) in [6.07, 6.45) is 3.81. The Labute approximate surface area is 146 Å². The van der Waals surface area contributed by atoms with Crippen LogP contribution in [0.5, 0.6) is 0 Å². The number of thioether (sulfide) groups is 1. The predicted octanol–water partition coefficient (Wildman–Crippen LogP) is 2.11. The third kappa shape index (κ3) is 4.58. The van der Waals surface area contributed by atoms with E-state index in [-0.39, 0.29) is 11.2 Å². The van der Waals surface area contributed by atoms with Gasteiger partial charge < -0.3 is 10.6 Å². The van der Waals surface area contributed by atoms with Crippen LogP contribution in [0.1, 0.15) is 36.3 Å². The molecule has 3 rings (SSSR count). The van der Waals surface area contributed by atoms with Crippen LogP contribution < -0.4 is 10.6 Å². The van der Waals surface area contributed by atoms with Gasteiger partial charge in [0.15, 0.2) is 5.69 Å². The zero-order valence-electron chi connectivity index (χ0n) is 13.8. The molecule has 24 heavy (non-hydrogen) atoms. The van der Waals surface area contributed by atoms with E-state index in [0.29, 0.717) is 18.3 Å². The van der Waals surface area contributed by atoms with E-state index in [1.807, 2.05) is 22.9 Å². The van der Waals surface area contributed by atoms with Crippen molar-refractivity contribution in [3.8, 4) is 0 Å². The molecule has 1 amide bonds. The quantitative estimate of drug-likeness (QED) is 0.785. The van der Waals surface area contributed by atoms with Gasteiger partial charge in [0.2, 0.25) is 0 Å². The van der Waals surface area contributed by atoms with Crippen LogP contribution >= 0.6 is 11.8 Å². The van der Waals surface area contributed by atoms with Gasteiger partial charge in [-0.1, -0.05) is 30.3 Å². The Kier molecular flexibility index (Phi) is 5.87. The molecule has 1 aliphatic rings. The Balaban J connectivity index is 1.49. The lowest BCUT2D eigenvalue weighted by Crippen LogP contribution is -2.30. The van der Waals surface area contributed by atoms with Crippen LogP contribution in [0.25, 0.3) is 0 Å². The maximum Gasteiger partial charge on any atom is 0.273 e. The molecule has 0 aliphatic carbocycles. The second-order valence-corrected chi connectivity index (χ2v) is 7.53. The average Bonchev–Trinajstić information content (AvgIpc) is 3.11. The van der Waals surface area contributed by atoms with Crippen LogP contribution in [0, 0.1) is 0 Å². The van der Waals surface area contributed by atoms with Crippen LogP contribution in [0.15, 0.2) is 41.4 Å². The van der Waals surface area contributed by atoms with Gasteiger partial charge in [-0.15, -0.1) is 16.9 Å². The predicted molar refractivity (Wildman–Crippen MR) is 95.3 cm³/mol. The fourth-order valence-corrected chi connectivity index (χ4v) is 3.68. The Bertz CT molecular complexity index is 654. The van der Waals surface area contributed by atoms with E-state index in [4.69, 9.17) is 0 Å². The van der Waals surface area contributed by atoms with E-state index in [0.717, 1.165) is 25.9 Å². The third-order valence-corrected chi connectivity index (χ3v) is 5.17. The fourth-order valence-electron chi connectivity index (χ4n) is 2.73. The Morgan fingerprint density at radius 1 is 1.38 bits per heavy atom. The number of benzene rings is 1. The normalized spacial score (nSPS) is 16.7. The molecule has 1 aromatic carbocycles. The minimum Gasteiger partial charge on any atom is -0.349 e. The second-order valence-electron chi connectivity index (χ2n) is 6.02. The van der Waals surface area contributed by atoms with Gasteiger partial charge in [0, 0.05) is 16.7 Å². The molecule has 2 N–H and O–H groups in total. The summed E-state index contributed by atoms with van der Waals surface area (Å²) >= 11 is 1.75. The van der Waals surface area contributed by atoms with Crippen molar-refractivity contribution < 1.29 is 4.79 Å². The molecule has 0 radical (unpaired) electrons. The summed E-state index contributed by atoms with van der Waals surface area (Å²) in [4.78, 5) is 13.5. The first-order valence-electron chi connectivity index (χ1n) is 8.35. The summed E-state index contributed by atoms with van der Waals surface area (Å²) in [6, 6.07) is 10.5. The zero-order valence-corrected chi connectivity index (χ0v) is 14.6. The summed E-state index contributed by atoms with van der Waals surface area (Å²) in [5.41, 5.74) is 0.394. The maximum atomic E-state index is 12.2. The molecule has 1 saturated heterocycles. The van der Waals surface area contributed by atoms with E-state index in [1.165, 1.54) is 4.90 Å². The van der Waals surface area contributed by atoms with E-state index >= 15 is 0 Å². The number of hydrogen-bond donors (Lipinski definition) is 2. The average molecular weight is 345 g/mol. The van der Waals surface area contributed by atoms with Crippen LogP contribution in [0.4, 0.5) is 0 Å². The molecule has 7 heteroatoms. The monoisotopic (exact) mass is 345 g/mol. The molecule has 1 unspecified atom stereocenters. The largest absolute Gasteiger partial charge is 0.349 e. The first kappa shape index (κ1) is 17.0. The molecular weight excluding hydrogens is 322 g/mol. The van der Waals surface area contributed by atoms with E-state index in [2.05, 4.69) is 40.0 Å². The molecule has 1 aromatic heterocycles. The lowest BCUT2D eigenvalue weighted by Gasteiger charge is -2.22. The molecule has 0 bridgehead atoms. The van der Waals surface area contributed by atoms with E-state index in [1.54, 1.807) is 18.0 Å². The molecule has 0 saturated carbocycles. The number of amides is 1. The molecule has 128 valence electrons. The van der Waals surface area contributed by atoms with Crippen LogP contribution in [0.3, 0.4) is 0 Å². The van der Waals surface area contributed by atoms with Crippen LogP contribution in [-0.4, -0.2) is 45.8 Å². The van der Waals surface area contributed by atoms with Gasteiger partial charge in [0.05, 0.1) is 12.2 Å². The number of nitrogens with one attached hydrogen (secondary N) is 2. The van der Waals surface area contributed by atoms with Gasteiger partial charge in [-0.2, -0.15) is 0 Å². The highest BCUT2D eigenvalue weighted by Gasteiger charge is 2.19. The molecule has 0 spiro atoms. The van der Waals surface area contributed by atoms with Crippen molar-refractivity contribution in [1.29, 1.82) is 0 Å². The zero-order chi connectivity index (χ0) is 16.8. The van der Waals surface area contributed by atoms with Crippen molar-refractivity contribution in [2.75, 3.05) is 19.6 Å². The van der Waals surface area contributed by atoms with Gasteiger partial charge in [0.25, 0.3) is 5.91 Å². The van der Waals surface area contributed by atoms with Gasteiger partial charge in [-0.3, -0.25) is 4.79 Å². The molecule has 1 atom stereocenters. The summed E-state index contributed by atoms with van der Waals surface area (Å²) in [7, 11) is 0. The lowest BCUT2D eigenvalue weighted by molar-refractivity contribution is 0.0949. The van der Waals surface area contributed by atoms with E-state index in [9.17, 15) is 4.79 Å². The van der Waals surface area contributed by atoms with E-state index < -0.39 is 0 Å². The smallest absolute Gasteiger partial charge is 0.273 e. The lowest BCUT2D eigenvalue weighted by atomic mass is 10.1. The Morgan fingerprint density at radius 3 is 2.88 bits per heavy atom. The second kappa shape index (κ2) is 8.30. The first-order valence-corrected chi connectivity index (χ1v) is 9.23. The number of aromatic nitrogens is 3. The summed E-state index contributed by atoms with van der Waals surface area (Å²) < 4.78 is 1.83. The van der Waals surface area contributed by atoms with Gasteiger partial charge >= 0.3 is 0 Å². The molecular formula is C17H23N5OS. The van der Waals surface area contributed by atoms with Crippen molar-refractivity contribution in [2.45, 2.75) is 36.0 Å². The minimum atomic E-state index is -0.157. The summed E-state index contributed by atoms with van der Waals surface area (Å²) in [5.74, 6) is -0.157. The fraction of sp³-hybridized carbons (Fsp3) is 0.471. The highest BCUT2D eigenvalue weighted by atomic mass is 32.2. The minimum absolute atomic E-state index is 0.157. The topological polar surface area (TPSA) is 71.8 Å². The summed E-state index contributed by atoms with van der Waals surface area (Å²) in [5, 5.41) is 14.7. The molecule has 2 heterocycles. The van der Waals surface area contributed by atoms with Crippen molar-refractivity contribution in [2.24, 2.45) is 0 Å². The van der Waals surface area contributed by atoms with Crippen molar-refractivity contribution >= 4 is 17.7 Å². The van der Waals surface area contributed by atoms with Gasteiger partial charge in [-0.05, 0) is 38.1 Å². The third-order valence-electron chi connectivity index (χ3n) is 4.06. The first-order chi connectivity index (χ1) is 11.7. The SMILES string of the molecule is CC(CNC(=O)c1cn(C2CCNCC2)nn1)Sc1ccccc1. The highest BCUT2D eigenvalue weighted by Crippen LogP contribution is 2.22. The van der Waals surface area contributed by atoms with Crippen molar-refractivity contribution in [1.82, 2.24) is 25.6 Å².